The van der Waals surface area contributed by atoms with E-state index in [1.165, 1.54) is 11.1 Å². The van der Waals surface area contributed by atoms with Crippen molar-refractivity contribution < 1.29 is 4.79 Å². The van der Waals surface area contributed by atoms with Crippen molar-refractivity contribution in [1.82, 2.24) is 24.6 Å². The molecule has 1 atom stereocenters. The van der Waals surface area contributed by atoms with Crippen LogP contribution in [0.5, 0.6) is 0 Å². The zero-order chi connectivity index (χ0) is 16.7. The molecule has 3 heterocycles. The summed E-state index contributed by atoms with van der Waals surface area (Å²) in [6.45, 7) is 7.94. The number of amides is 1. The third-order valence-electron chi connectivity index (χ3n) is 5.32. The van der Waals surface area contributed by atoms with Crippen molar-refractivity contribution in [2.24, 2.45) is 0 Å². The first-order valence-corrected chi connectivity index (χ1v) is 8.62. The maximum absolute atomic E-state index is 13.0. The first-order valence-electron chi connectivity index (χ1n) is 8.62. The summed E-state index contributed by atoms with van der Waals surface area (Å²) in [6.07, 6.45) is 0.947. The van der Waals surface area contributed by atoms with Gasteiger partial charge in [-0.15, -0.1) is 10.2 Å². The Morgan fingerprint density at radius 3 is 2.71 bits per heavy atom. The maximum Gasteiger partial charge on any atom is 0.239 e. The third kappa shape index (κ3) is 2.60. The standard InChI is InChI=1S/C18H23N5O/c1-13(21-9-10-23-14(2)19-20-17(23)12-21)18(24)22-8-7-15-5-3-4-6-16(15)11-22/h3-6,13H,7-12H2,1-2H3/t13-/m1/s1. The van der Waals surface area contributed by atoms with Crippen LogP contribution in [0.2, 0.25) is 0 Å². The van der Waals surface area contributed by atoms with Crippen molar-refractivity contribution in [3.8, 4) is 0 Å². The van der Waals surface area contributed by atoms with Gasteiger partial charge in [0, 0.05) is 26.2 Å². The lowest BCUT2D eigenvalue weighted by atomic mass is 9.99. The van der Waals surface area contributed by atoms with Gasteiger partial charge >= 0.3 is 0 Å². The van der Waals surface area contributed by atoms with E-state index in [9.17, 15) is 4.79 Å². The Kier molecular flexibility index (Phi) is 3.84. The molecule has 1 amide bonds. The van der Waals surface area contributed by atoms with Crippen LogP contribution in [0, 0.1) is 6.92 Å². The van der Waals surface area contributed by atoms with E-state index in [0.717, 1.165) is 44.2 Å². The molecule has 0 bridgehead atoms. The van der Waals surface area contributed by atoms with E-state index in [1.54, 1.807) is 0 Å². The number of fused-ring (bicyclic) bond motifs is 2. The summed E-state index contributed by atoms with van der Waals surface area (Å²) >= 11 is 0. The molecular weight excluding hydrogens is 302 g/mol. The molecule has 24 heavy (non-hydrogen) atoms. The van der Waals surface area contributed by atoms with Gasteiger partial charge in [-0.2, -0.15) is 0 Å². The highest BCUT2D eigenvalue weighted by atomic mass is 16.2. The molecule has 0 unspecified atom stereocenters. The molecule has 0 saturated heterocycles. The number of hydrogen-bond acceptors (Lipinski definition) is 4. The predicted molar refractivity (Wildman–Crippen MR) is 90.2 cm³/mol. The predicted octanol–water partition coefficient (Wildman–Crippen LogP) is 1.38. The first kappa shape index (κ1) is 15.3. The van der Waals surface area contributed by atoms with Crippen molar-refractivity contribution in [3.05, 3.63) is 47.0 Å². The summed E-state index contributed by atoms with van der Waals surface area (Å²) in [4.78, 5) is 17.2. The highest BCUT2D eigenvalue weighted by Gasteiger charge is 2.31. The number of nitrogens with zero attached hydrogens (tertiary/aromatic N) is 5. The molecule has 2 aliphatic rings. The largest absolute Gasteiger partial charge is 0.337 e. The molecule has 0 fully saturated rings. The van der Waals surface area contributed by atoms with Crippen LogP contribution in [0.1, 0.15) is 29.7 Å². The van der Waals surface area contributed by atoms with Crippen molar-refractivity contribution in [1.29, 1.82) is 0 Å². The molecule has 1 aromatic heterocycles. The minimum Gasteiger partial charge on any atom is -0.337 e. The minimum absolute atomic E-state index is 0.124. The normalized spacial score (nSPS) is 18.8. The molecular formula is C18H23N5O. The second kappa shape index (κ2) is 6.02. The summed E-state index contributed by atoms with van der Waals surface area (Å²) < 4.78 is 2.14. The van der Waals surface area contributed by atoms with Gasteiger partial charge in [-0.05, 0) is 31.4 Å². The van der Waals surface area contributed by atoms with Gasteiger partial charge in [0.15, 0.2) is 0 Å². The Morgan fingerprint density at radius 1 is 1.08 bits per heavy atom. The molecule has 0 radical (unpaired) electrons. The van der Waals surface area contributed by atoms with Gasteiger partial charge in [0.1, 0.15) is 11.6 Å². The van der Waals surface area contributed by atoms with Gasteiger partial charge in [0.2, 0.25) is 5.91 Å². The van der Waals surface area contributed by atoms with Crippen LogP contribution in [-0.2, 0) is 30.8 Å². The molecule has 6 heteroatoms. The van der Waals surface area contributed by atoms with E-state index in [-0.39, 0.29) is 11.9 Å². The van der Waals surface area contributed by atoms with Gasteiger partial charge in [0.05, 0.1) is 12.6 Å². The first-order chi connectivity index (χ1) is 11.6. The molecule has 4 rings (SSSR count). The summed E-state index contributed by atoms with van der Waals surface area (Å²) in [6, 6.07) is 8.30. The van der Waals surface area contributed by atoms with Crippen LogP contribution >= 0.6 is 0 Å². The van der Waals surface area contributed by atoms with E-state index in [4.69, 9.17) is 0 Å². The van der Waals surface area contributed by atoms with Crippen LogP contribution < -0.4 is 0 Å². The topological polar surface area (TPSA) is 54.3 Å². The second-order valence-corrected chi connectivity index (χ2v) is 6.74. The third-order valence-corrected chi connectivity index (χ3v) is 5.32. The fourth-order valence-corrected chi connectivity index (χ4v) is 3.76. The average Bonchev–Trinajstić information content (AvgIpc) is 3.00. The smallest absolute Gasteiger partial charge is 0.239 e. The number of hydrogen-bond donors (Lipinski definition) is 0. The quantitative estimate of drug-likeness (QED) is 0.837. The Morgan fingerprint density at radius 2 is 1.88 bits per heavy atom. The summed E-state index contributed by atoms with van der Waals surface area (Å²) in [5.41, 5.74) is 2.65. The van der Waals surface area contributed by atoms with Crippen LogP contribution in [-0.4, -0.2) is 49.6 Å². The van der Waals surface area contributed by atoms with E-state index in [1.807, 2.05) is 18.7 Å². The molecule has 0 aliphatic carbocycles. The Hall–Kier alpha value is -2.21. The van der Waals surface area contributed by atoms with Crippen LogP contribution in [0.4, 0.5) is 0 Å². The van der Waals surface area contributed by atoms with Gasteiger partial charge in [-0.1, -0.05) is 24.3 Å². The molecule has 0 saturated carbocycles. The number of rotatable bonds is 2. The molecule has 6 nitrogen and oxygen atoms in total. The lowest BCUT2D eigenvalue weighted by molar-refractivity contribution is -0.138. The van der Waals surface area contributed by atoms with Crippen molar-refractivity contribution in [3.63, 3.8) is 0 Å². The summed E-state index contributed by atoms with van der Waals surface area (Å²) in [5.74, 6) is 2.13. The monoisotopic (exact) mass is 325 g/mol. The van der Waals surface area contributed by atoms with Crippen molar-refractivity contribution in [2.45, 2.75) is 45.9 Å². The SMILES string of the molecule is Cc1nnc2n1CCN([C@H](C)C(=O)N1CCc3ccccc3C1)C2. The number of carbonyl (C=O) groups excluding carboxylic acids is 1. The maximum atomic E-state index is 13.0. The van der Waals surface area contributed by atoms with Gasteiger partial charge in [-0.3, -0.25) is 9.69 Å². The van der Waals surface area contributed by atoms with E-state index in [0.29, 0.717) is 6.54 Å². The van der Waals surface area contributed by atoms with E-state index in [2.05, 4.69) is 43.9 Å². The average molecular weight is 325 g/mol. The van der Waals surface area contributed by atoms with Crippen molar-refractivity contribution >= 4 is 5.91 Å². The minimum atomic E-state index is -0.124. The molecule has 0 N–H and O–H groups in total. The fourth-order valence-electron chi connectivity index (χ4n) is 3.76. The van der Waals surface area contributed by atoms with Gasteiger partial charge in [0.25, 0.3) is 0 Å². The van der Waals surface area contributed by atoms with E-state index < -0.39 is 0 Å². The number of carbonyl (C=O) groups is 1. The highest BCUT2D eigenvalue weighted by Crippen LogP contribution is 2.21. The van der Waals surface area contributed by atoms with Crippen LogP contribution in [0.15, 0.2) is 24.3 Å². The molecule has 1 aromatic carbocycles. The number of aromatic nitrogens is 3. The fraction of sp³-hybridized carbons (Fsp3) is 0.500. The summed E-state index contributed by atoms with van der Waals surface area (Å²) in [5, 5.41) is 8.38. The van der Waals surface area contributed by atoms with Gasteiger partial charge < -0.3 is 9.47 Å². The molecule has 0 spiro atoms. The second-order valence-electron chi connectivity index (χ2n) is 6.74. The lowest BCUT2D eigenvalue weighted by Crippen LogP contribution is -2.50. The Balaban J connectivity index is 1.45. The number of benzene rings is 1. The molecule has 2 aliphatic heterocycles. The Bertz CT molecular complexity index is 769. The van der Waals surface area contributed by atoms with E-state index >= 15 is 0 Å². The Labute approximate surface area is 142 Å². The molecule has 126 valence electrons. The van der Waals surface area contributed by atoms with Gasteiger partial charge in [-0.25, -0.2) is 0 Å². The highest BCUT2D eigenvalue weighted by molar-refractivity contribution is 5.81. The van der Waals surface area contributed by atoms with Crippen molar-refractivity contribution in [2.75, 3.05) is 13.1 Å². The zero-order valence-electron chi connectivity index (χ0n) is 14.3. The number of aryl methyl sites for hydroxylation is 1. The zero-order valence-corrected chi connectivity index (χ0v) is 14.3. The molecule has 2 aromatic rings. The van der Waals surface area contributed by atoms with Crippen LogP contribution in [0.3, 0.4) is 0 Å². The van der Waals surface area contributed by atoms with Crippen LogP contribution in [0.25, 0.3) is 0 Å². The lowest BCUT2D eigenvalue weighted by Gasteiger charge is -2.36. The summed E-state index contributed by atoms with van der Waals surface area (Å²) in [7, 11) is 0.